The van der Waals surface area contributed by atoms with Crippen LogP contribution < -0.4 is 5.32 Å². The number of rotatable bonds is 4. The van der Waals surface area contributed by atoms with E-state index in [2.05, 4.69) is 31.3 Å². The van der Waals surface area contributed by atoms with Crippen LogP contribution in [0.3, 0.4) is 0 Å². The molecule has 8 heteroatoms. The number of hydrogen-bond acceptors (Lipinski definition) is 5. The van der Waals surface area contributed by atoms with Gasteiger partial charge in [-0.25, -0.2) is 4.98 Å². The second-order valence-corrected chi connectivity index (χ2v) is 5.12. The van der Waals surface area contributed by atoms with E-state index in [4.69, 9.17) is 0 Å². The van der Waals surface area contributed by atoms with Gasteiger partial charge in [0.1, 0.15) is 0 Å². The first-order valence-electron chi connectivity index (χ1n) is 5.58. The van der Waals surface area contributed by atoms with Crippen molar-refractivity contribution in [2.45, 2.75) is 19.9 Å². The monoisotopic (exact) mass is 325 g/mol. The summed E-state index contributed by atoms with van der Waals surface area (Å²) in [5.41, 5.74) is 0.568. The first kappa shape index (κ1) is 13.5. The highest BCUT2D eigenvalue weighted by atomic mass is 79.9. The molecule has 0 aliphatic carbocycles. The fourth-order valence-corrected chi connectivity index (χ4v) is 1.80. The van der Waals surface area contributed by atoms with Crippen molar-refractivity contribution in [1.82, 2.24) is 14.8 Å². The summed E-state index contributed by atoms with van der Waals surface area (Å²) < 4.78 is 2.31. The normalized spacial score (nSPS) is 10.7. The molecule has 0 aliphatic heterocycles. The van der Waals surface area contributed by atoms with E-state index in [9.17, 15) is 10.1 Å². The van der Waals surface area contributed by atoms with Crippen molar-refractivity contribution in [2.24, 2.45) is 0 Å². The standard InChI is InChI=1S/C11H12BrN5O2/c1-7(2)16-6-9(5-14-16)15-11-10(17(18)19)3-8(12)4-13-11/h3-7H,1-2H3,(H,13,15). The first-order chi connectivity index (χ1) is 8.97. The van der Waals surface area contributed by atoms with Crippen LogP contribution in [0.4, 0.5) is 17.2 Å². The summed E-state index contributed by atoms with van der Waals surface area (Å²) in [4.78, 5) is 14.5. The van der Waals surface area contributed by atoms with Crippen LogP contribution in [0, 0.1) is 10.1 Å². The largest absolute Gasteiger partial charge is 0.332 e. The summed E-state index contributed by atoms with van der Waals surface area (Å²) in [6.07, 6.45) is 4.88. The molecule has 0 unspecified atom stereocenters. The van der Waals surface area contributed by atoms with E-state index >= 15 is 0 Å². The Labute approximate surface area is 117 Å². The van der Waals surface area contributed by atoms with Gasteiger partial charge in [0.05, 0.1) is 16.8 Å². The summed E-state index contributed by atoms with van der Waals surface area (Å²) >= 11 is 3.16. The molecular formula is C11H12BrN5O2. The van der Waals surface area contributed by atoms with Crippen molar-refractivity contribution >= 4 is 33.1 Å². The Morgan fingerprint density at radius 3 is 2.79 bits per heavy atom. The van der Waals surface area contributed by atoms with Gasteiger partial charge >= 0.3 is 5.69 Å². The molecule has 1 N–H and O–H groups in total. The summed E-state index contributed by atoms with van der Waals surface area (Å²) in [5, 5.41) is 18.0. The Morgan fingerprint density at radius 2 is 2.21 bits per heavy atom. The van der Waals surface area contributed by atoms with Crippen LogP contribution >= 0.6 is 15.9 Å². The highest BCUT2D eigenvalue weighted by molar-refractivity contribution is 9.10. The molecule has 0 saturated carbocycles. The summed E-state index contributed by atoms with van der Waals surface area (Å²) in [5.74, 6) is 0.191. The molecular weight excluding hydrogens is 314 g/mol. The van der Waals surface area contributed by atoms with Gasteiger partial charge in [-0.15, -0.1) is 0 Å². The van der Waals surface area contributed by atoms with Gasteiger partial charge in [0.25, 0.3) is 0 Å². The minimum Gasteiger partial charge on any atom is -0.332 e. The fourth-order valence-electron chi connectivity index (χ4n) is 1.49. The molecule has 0 spiro atoms. The molecule has 0 amide bonds. The second-order valence-electron chi connectivity index (χ2n) is 4.21. The molecule has 0 aliphatic rings. The maximum absolute atomic E-state index is 11.0. The van der Waals surface area contributed by atoms with Crippen molar-refractivity contribution in [1.29, 1.82) is 0 Å². The number of nitrogens with one attached hydrogen (secondary N) is 1. The molecule has 0 fully saturated rings. The molecule has 0 atom stereocenters. The number of anilines is 2. The van der Waals surface area contributed by atoms with E-state index in [1.165, 1.54) is 12.3 Å². The molecule has 0 radical (unpaired) electrons. The predicted molar refractivity (Wildman–Crippen MR) is 74.5 cm³/mol. The van der Waals surface area contributed by atoms with Crippen molar-refractivity contribution in [3.05, 3.63) is 39.2 Å². The van der Waals surface area contributed by atoms with Crippen molar-refractivity contribution < 1.29 is 4.92 Å². The Kier molecular flexibility index (Phi) is 3.79. The van der Waals surface area contributed by atoms with Crippen molar-refractivity contribution in [3.63, 3.8) is 0 Å². The Hall–Kier alpha value is -1.96. The quantitative estimate of drug-likeness (QED) is 0.688. The fraction of sp³-hybridized carbons (Fsp3) is 0.273. The zero-order valence-electron chi connectivity index (χ0n) is 10.4. The average Bonchev–Trinajstić information content (AvgIpc) is 2.80. The van der Waals surface area contributed by atoms with E-state index in [1.807, 2.05) is 13.8 Å². The zero-order valence-corrected chi connectivity index (χ0v) is 12.0. The van der Waals surface area contributed by atoms with Crippen LogP contribution in [-0.4, -0.2) is 19.7 Å². The number of pyridine rings is 1. The van der Waals surface area contributed by atoms with Crippen molar-refractivity contribution in [3.8, 4) is 0 Å². The lowest BCUT2D eigenvalue weighted by Crippen LogP contribution is -2.01. The Morgan fingerprint density at radius 1 is 1.47 bits per heavy atom. The topological polar surface area (TPSA) is 85.9 Å². The predicted octanol–water partition coefficient (Wildman–Crippen LogP) is 3.27. The molecule has 2 heterocycles. The number of aromatic nitrogens is 3. The summed E-state index contributed by atoms with van der Waals surface area (Å²) in [7, 11) is 0. The maximum atomic E-state index is 11.0. The van der Waals surface area contributed by atoms with Crippen molar-refractivity contribution in [2.75, 3.05) is 5.32 Å². The van der Waals surface area contributed by atoms with Crippen LogP contribution in [0.5, 0.6) is 0 Å². The summed E-state index contributed by atoms with van der Waals surface area (Å²) in [6.45, 7) is 3.99. The van der Waals surface area contributed by atoms with E-state index in [0.717, 1.165) is 0 Å². The van der Waals surface area contributed by atoms with Gasteiger partial charge in [-0.2, -0.15) is 5.10 Å². The minimum atomic E-state index is -0.479. The molecule has 2 aromatic rings. The summed E-state index contributed by atoms with van der Waals surface area (Å²) in [6, 6.07) is 1.63. The number of nitrogens with zero attached hydrogens (tertiary/aromatic N) is 4. The SMILES string of the molecule is CC(C)n1cc(Nc2ncc(Br)cc2[N+](=O)[O-])cn1. The average molecular weight is 326 g/mol. The smallest absolute Gasteiger partial charge is 0.312 e. The molecule has 19 heavy (non-hydrogen) atoms. The molecule has 0 bridgehead atoms. The lowest BCUT2D eigenvalue weighted by atomic mass is 10.4. The Bertz CT molecular complexity index is 611. The number of nitro groups is 1. The van der Waals surface area contributed by atoms with E-state index in [-0.39, 0.29) is 17.5 Å². The van der Waals surface area contributed by atoms with Gasteiger partial charge < -0.3 is 5.32 Å². The zero-order chi connectivity index (χ0) is 14.0. The van der Waals surface area contributed by atoms with E-state index in [1.54, 1.807) is 17.1 Å². The van der Waals surface area contributed by atoms with Gasteiger partial charge in [-0.05, 0) is 29.8 Å². The van der Waals surface area contributed by atoms with Crippen LogP contribution in [0.1, 0.15) is 19.9 Å². The molecule has 7 nitrogen and oxygen atoms in total. The van der Waals surface area contributed by atoms with E-state index < -0.39 is 4.92 Å². The van der Waals surface area contributed by atoms with Gasteiger partial charge in [0.15, 0.2) is 0 Å². The van der Waals surface area contributed by atoms with Gasteiger partial charge in [0, 0.05) is 29.0 Å². The lowest BCUT2D eigenvalue weighted by Gasteiger charge is -2.05. The van der Waals surface area contributed by atoms with Gasteiger partial charge in [0.2, 0.25) is 5.82 Å². The third-order valence-electron chi connectivity index (χ3n) is 2.42. The van der Waals surface area contributed by atoms with E-state index in [0.29, 0.717) is 10.2 Å². The third-order valence-corrected chi connectivity index (χ3v) is 2.86. The highest BCUT2D eigenvalue weighted by Gasteiger charge is 2.16. The number of halogens is 1. The van der Waals surface area contributed by atoms with Crippen LogP contribution in [0.15, 0.2) is 29.1 Å². The Balaban J connectivity index is 2.29. The number of hydrogen-bond donors (Lipinski definition) is 1. The van der Waals surface area contributed by atoms with Gasteiger partial charge in [-0.3, -0.25) is 14.8 Å². The maximum Gasteiger partial charge on any atom is 0.312 e. The minimum absolute atomic E-state index is 0.0910. The molecule has 0 aromatic carbocycles. The third kappa shape index (κ3) is 3.08. The first-order valence-corrected chi connectivity index (χ1v) is 6.38. The molecule has 2 aromatic heterocycles. The molecule has 100 valence electrons. The van der Waals surface area contributed by atoms with Gasteiger partial charge in [-0.1, -0.05) is 0 Å². The van der Waals surface area contributed by atoms with Crippen LogP contribution in [0.25, 0.3) is 0 Å². The lowest BCUT2D eigenvalue weighted by molar-refractivity contribution is -0.384. The second kappa shape index (κ2) is 5.35. The van der Waals surface area contributed by atoms with Crippen LogP contribution in [0.2, 0.25) is 0 Å². The van der Waals surface area contributed by atoms with Crippen LogP contribution in [-0.2, 0) is 0 Å². The highest BCUT2D eigenvalue weighted by Crippen LogP contribution is 2.28. The molecule has 2 rings (SSSR count). The molecule has 0 saturated heterocycles.